The molecule has 0 heterocycles. The molecule has 0 saturated heterocycles. The first-order valence-corrected chi connectivity index (χ1v) is 11.8. The second kappa shape index (κ2) is 10.5. The minimum Gasteiger partial charge on any atom is -0.325 e. The van der Waals surface area contributed by atoms with Crippen LogP contribution in [0.25, 0.3) is 0 Å². The summed E-state index contributed by atoms with van der Waals surface area (Å²) in [6, 6.07) is 7.71. The van der Waals surface area contributed by atoms with Crippen molar-refractivity contribution < 1.29 is 9.59 Å². The number of anilines is 1. The van der Waals surface area contributed by atoms with Gasteiger partial charge in [0.1, 0.15) is 0 Å². The lowest BCUT2D eigenvalue weighted by molar-refractivity contribution is -0.132. The molecule has 156 valence electrons. The largest absolute Gasteiger partial charge is 0.325 e. The van der Waals surface area contributed by atoms with Crippen molar-refractivity contribution in [2.24, 2.45) is 23.2 Å². The van der Waals surface area contributed by atoms with Gasteiger partial charge in [0.25, 0.3) is 0 Å². The number of carbonyl (C=O) groups excluding carboxylic acids is 2. The second-order valence-corrected chi connectivity index (χ2v) is 9.65. The molecule has 0 radical (unpaired) electrons. The highest BCUT2D eigenvalue weighted by atomic mass is 32.2. The molecule has 1 aliphatic rings. The van der Waals surface area contributed by atoms with Crippen LogP contribution in [0, 0.1) is 23.2 Å². The highest BCUT2D eigenvalue weighted by Gasteiger charge is 2.46. The first kappa shape index (κ1) is 23.0. The fourth-order valence-corrected chi connectivity index (χ4v) is 5.48. The number of carbonyl (C=O) groups is 2. The molecule has 1 amide bonds. The van der Waals surface area contributed by atoms with Crippen molar-refractivity contribution in [3.05, 3.63) is 24.3 Å². The number of benzene rings is 1. The van der Waals surface area contributed by atoms with Gasteiger partial charge in [-0.3, -0.25) is 9.59 Å². The first-order valence-electron chi connectivity index (χ1n) is 11.0. The molecule has 0 spiro atoms. The highest BCUT2D eigenvalue weighted by Crippen LogP contribution is 2.48. The molecule has 1 unspecified atom stereocenters. The van der Waals surface area contributed by atoms with Crippen LogP contribution in [0.5, 0.6) is 0 Å². The summed E-state index contributed by atoms with van der Waals surface area (Å²) in [6.07, 6.45) is 7.64. The summed E-state index contributed by atoms with van der Waals surface area (Å²) in [7, 11) is 0. The molecule has 3 nitrogen and oxygen atoms in total. The van der Waals surface area contributed by atoms with Crippen LogP contribution in [0.2, 0.25) is 0 Å². The monoisotopic (exact) mass is 403 g/mol. The zero-order valence-corrected chi connectivity index (χ0v) is 19.0. The molecule has 1 aliphatic carbocycles. The summed E-state index contributed by atoms with van der Waals surface area (Å²) >= 11 is 1.24. The predicted octanol–water partition coefficient (Wildman–Crippen LogP) is 6.92. The molecule has 1 atom stereocenters. The van der Waals surface area contributed by atoms with Crippen LogP contribution in [0.1, 0.15) is 79.6 Å². The van der Waals surface area contributed by atoms with E-state index >= 15 is 0 Å². The number of rotatable bonds is 8. The van der Waals surface area contributed by atoms with Crippen molar-refractivity contribution in [1.82, 2.24) is 0 Å². The van der Waals surface area contributed by atoms with Crippen molar-refractivity contribution in [2.45, 2.75) is 84.5 Å². The number of hydrogen-bond donors (Lipinski definition) is 1. The summed E-state index contributed by atoms with van der Waals surface area (Å²) < 4.78 is 0. The maximum Gasteiger partial charge on any atom is 0.230 e. The zero-order valence-electron chi connectivity index (χ0n) is 18.2. The topological polar surface area (TPSA) is 46.2 Å². The fourth-order valence-electron chi connectivity index (χ4n) is 4.65. The smallest absolute Gasteiger partial charge is 0.230 e. The van der Waals surface area contributed by atoms with Crippen LogP contribution in [0.15, 0.2) is 29.2 Å². The van der Waals surface area contributed by atoms with Crippen LogP contribution in [0.3, 0.4) is 0 Å². The third-order valence-electron chi connectivity index (χ3n) is 6.64. The molecular formula is C24H37NO2S. The molecule has 2 rings (SSSR count). The highest BCUT2D eigenvalue weighted by molar-refractivity contribution is 8.13. The third-order valence-corrected chi connectivity index (χ3v) is 7.89. The van der Waals surface area contributed by atoms with Gasteiger partial charge in [-0.25, -0.2) is 0 Å². The molecule has 28 heavy (non-hydrogen) atoms. The summed E-state index contributed by atoms with van der Waals surface area (Å²) in [5.74, 6) is 1.04. The zero-order chi connectivity index (χ0) is 20.7. The van der Waals surface area contributed by atoms with E-state index in [0.29, 0.717) is 11.8 Å². The standard InChI is InChI=1S/C24H37NO2S/c1-6-19(7-2)18(5)24(15-11-8-12-16-24)23(27)25-20-13-9-10-14-21(20)28-22(26)17(3)4/h9-10,13-14,17-19H,6-8,11-12,15-16H2,1-5H3,(H,25,27). The van der Waals surface area contributed by atoms with Gasteiger partial charge in [-0.2, -0.15) is 0 Å². The Hall–Kier alpha value is -1.29. The summed E-state index contributed by atoms with van der Waals surface area (Å²) in [4.78, 5) is 26.7. The summed E-state index contributed by atoms with van der Waals surface area (Å²) in [6.45, 7) is 10.6. The van der Waals surface area contributed by atoms with Crippen molar-refractivity contribution in [2.75, 3.05) is 5.32 Å². The van der Waals surface area contributed by atoms with E-state index in [4.69, 9.17) is 0 Å². The Balaban J connectivity index is 2.28. The lowest BCUT2D eigenvalue weighted by Crippen LogP contribution is -2.45. The fraction of sp³-hybridized carbons (Fsp3) is 0.667. The van der Waals surface area contributed by atoms with E-state index in [2.05, 4.69) is 26.1 Å². The van der Waals surface area contributed by atoms with Gasteiger partial charge in [0.05, 0.1) is 11.1 Å². The lowest BCUT2D eigenvalue weighted by Gasteiger charge is -2.44. The number of nitrogens with one attached hydrogen (secondary N) is 1. The van der Waals surface area contributed by atoms with E-state index in [-0.39, 0.29) is 22.4 Å². The third kappa shape index (κ3) is 5.20. The van der Waals surface area contributed by atoms with E-state index in [0.717, 1.165) is 49.1 Å². The van der Waals surface area contributed by atoms with Crippen LogP contribution in [0.4, 0.5) is 5.69 Å². The Morgan fingerprint density at radius 1 is 1.04 bits per heavy atom. The van der Waals surface area contributed by atoms with Gasteiger partial charge < -0.3 is 5.32 Å². The SMILES string of the molecule is CCC(CC)C(C)C1(C(=O)Nc2ccccc2SC(=O)C(C)C)CCCCC1. The Bertz CT molecular complexity index is 660. The van der Waals surface area contributed by atoms with Gasteiger partial charge in [0.2, 0.25) is 5.91 Å². The minimum absolute atomic E-state index is 0.0340. The normalized spacial score (nSPS) is 17.5. The van der Waals surface area contributed by atoms with E-state index in [1.165, 1.54) is 18.2 Å². The number of amides is 1. The Kier molecular flexibility index (Phi) is 8.60. The molecule has 1 aromatic rings. The summed E-state index contributed by atoms with van der Waals surface area (Å²) in [5.41, 5.74) is 0.475. The Morgan fingerprint density at radius 3 is 2.21 bits per heavy atom. The van der Waals surface area contributed by atoms with Gasteiger partial charge >= 0.3 is 0 Å². The molecule has 1 aromatic carbocycles. The van der Waals surface area contributed by atoms with E-state index < -0.39 is 0 Å². The molecular weight excluding hydrogens is 366 g/mol. The van der Waals surface area contributed by atoms with Crippen molar-refractivity contribution >= 4 is 28.5 Å². The van der Waals surface area contributed by atoms with E-state index in [1.807, 2.05) is 38.1 Å². The maximum absolute atomic E-state index is 13.6. The summed E-state index contributed by atoms with van der Waals surface area (Å²) in [5, 5.41) is 3.36. The van der Waals surface area contributed by atoms with Gasteiger partial charge in [-0.1, -0.05) is 78.9 Å². The molecule has 1 fully saturated rings. The first-order chi connectivity index (χ1) is 13.4. The molecule has 0 bridgehead atoms. The van der Waals surface area contributed by atoms with E-state index in [1.54, 1.807) is 0 Å². The average Bonchev–Trinajstić information content (AvgIpc) is 2.70. The predicted molar refractivity (Wildman–Crippen MR) is 120 cm³/mol. The van der Waals surface area contributed by atoms with Crippen LogP contribution in [-0.4, -0.2) is 11.0 Å². The van der Waals surface area contributed by atoms with Crippen LogP contribution < -0.4 is 5.32 Å². The Morgan fingerprint density at radius 2 is 1.64 bits per heavy atom. The quantitative estimate of drug-likeness (QED) is 0.479. The number of hydrogen-bond acceptors (Lipinski definition) is 3. The van der Waals surface area contributed by atoms with Crippen molar-refractivity contribution in [3.8, 4) is 0 Å². The van der Waals surface area contributed by atoms with Crippen LogP contribution >= 0.6 is 11.8 Å². The van der Waals surface area contributed by atoms with Crippen LogP contribution in [-0.2, 0) is 9.59 Å². The van der Waals surface area contributed by atoms with Crippen molar-refractivity contribution in [1.29, 1.82) is 0 Å². The average molecular weight is 404 g/mol. The maximum atomic E-state index is 13.6. The molecule has 4 heteroatoms. The van der Waals surface area contributed by atoms with Gasteiger partial charge in [0.15, 0.2) is 5.12 Å². The lowest BCUT2D eigenvalue weighted by atomic mass is 9.61. The van der Waals surface area contributed by atoms with Gasteiger partial charge in [0, 0.05) is 10.8 Å². The molecule has 1 saturated carbocycles. The molecule has 1 N–H and O–H groups in total. The van der Waals surface area contributed by atoms with Crippen molar-refractivity contribution in [3.63, 3.8) is 0 Å². The Labute approximate surface area is 175 Å². The minimum atomic E-state index is -0.297. The van der Waals surface area contributed by atoms with Gasteiger partial charge in [-0.15, -0.1) is 0 Å². The molecule has 0 aromatic heterocycles. The number of thioether (sulfide) groups is 1. The molecule has 0 aliphatic heterocycles. The van der Waals surface area contributed by atoms with Gasteiger partial charge in [-0.05, 0) is 48.6 Å². The number of para-hydroxylation sites is 1. The van der Waals surface area contributed by atoms with E-state index in [9.17, 15) is 9.59 Å². The second-order valence-electron chi connectivity index (χ2n) is 8.61.